The highest BCUT2D eigenvalue weighted by molar-refractivity contribution is 7.90. The van der Waals surface area contributed by atoms with Crippen LogP contribution in [-0.2, 0) is 29.4 Å². The predicted molar refractivity (Wildman–Crippen MR) is 106 cm³/mol. The SMILES string of the molecule is CS(=O)(=O)CCOC(=O)NC1CCN(S(=O)(=O)c2ccccc2[N+](=O)[O-])CC1C(=O)O. The van der Waals surface area contributed by atoms with Crippen molar-refractivity contribution in [2.45, 2.75) is 17.4 Å². The molecule has 1 aliphatic heterocycles. The van der Waals surface area contributed by atoms with E-state index in [0.717, 1.165) is 22.7 Å². The largest absolute Gasteiger partial charge is 0.481 e. The van der Waals surface area contributed by atoms with Gasteiger partial charge in [-0.1, -0.05) is 12.1 Å². The summed E-state index contributed by atoms with van der Waals surface area (Å²) in [6.07, 6.45) is -0.171. The van der Waals surface area contributed by atoms with Gasteiger partial charge in [-0.05, 0) is 12.5 Å². The predicted octanol–water partition coefficient (Wildman–Crippen LogP) is -0.171. The standard InChI is InChI=1S/C16H21N3O10S2/c1-30(25,26)9-8-29-16(22)17-12-6-7-18(10-11(12)15(20)21)31(27,28)14-5-3-2-4-13(14)19(23)24/h2-5,11-12H,6-10H2,1H3,(H,17,22)(H,20,21). The Balaban J connectivity index is 2.14. The molecule has 2 N–H and O–H groups in total. The maximum absolute atomic E-state index is 12.9. The highest BCUT2D eigenvalue weighted by atomic mass is 32.2. The zero-order valence-electron chi connectivity index (χ0n) is 16.3. The number of nitrogens with one attached hydrogen (secondary N) is 1. The van der Waals surface area contributed by atoms with Gasteiger partial charge in [0, 0.05) is 31.5 Å². The first-order chi connectivity index (χ1) is 14.3. The van der Waals surface area contributed by atoms with Crippen molar-refractivity contribution in [3.63, 3.8) is 0 Å². The third-order valence-corrected chi connectivity index (χ3v) is 7.38. The second-order valence-corrected chi connectivity index (χ2v) is 11.0. The topological polar surface area (TPSA) is 190 Å². The quantitative estimate of drug-likeness (QED) is 0.374. The van der Waals surface area contributed by atoms with Gasteiger partial charge in [-0.3, -0.25) is 14.9 Å². The Hall–Kier alpha value is -2.78. The molecule has 0 spiro atoms. The van der Waals surface area contributed by atoms with Crippen LogP contribution in [-0.4, -0.2) is 81.0 Å². The van der Waals surface area contributed by atoms with Gasteiger partial charge in [0.05, 0.1) is 16.6 Å². The fourth-order valence-corrected chi connectivity index (χ4v) is 5.03. The summed E-state index contributed by atoms with van der Waals surface area (Å²) >= 11 is 0. The number of carbonyl (C=O) groups is 2. The van der Waals surface area contributed by atoms with Crippen molar-refractivity contribution < 1.29 is 41.2 Å². The molecule has 1 saturated heterocycles. The van der Waals surface area contributed by atoms with E-state index >= 15 is 0 Å². The minimum Gasteiger partial charge on any atom is -0.481 e. The number of carboxylic acid groups (broad SMARTS) is 1. The molecule has 2 unspecified atom stereocenters. The van der Waals surface area contributed by atoms with Crippen molar-refractivity contribution in [3.8, 4) is 0 Å². The lowest BCUT2D eigenvalue weighted by atomic mass is 9.93. The molecular formula is C16H21N3O10S2. The molecule has 13 nitrogen and oxygen atoms in total. The molecule has 2 atom stereocenters. The summed E-state index contributed by atoms with van der Waals surface area (Å²) in [5.74, 6) is -3.15. The van der Waals surface area contributed by atoms with Crippen LogP contribution in [0.5, 0.6) is 0 Å². The van der Waals surface area contributed by atoms with Gasteiger partial charge >= 0.3 is 12.1 Å². The van der Waals surface area contributed by atoms with E-state index < -0.39 is 78.3 Å². The number of rotatable bonds is 8. The number of sulfone groups is 1. The summed E-state index contributed by atoms with van der Waals surface area (Å²) in [5, 5.41) is 23.0. The molecule has 1 aliphatic rings. The summed E-state index contributed by atoms with van der Waals surface area (Å²) in [7, 11) is -7.73. The van der Waals surface area contributed by atoms with E-state index in [4.69, 9.17) is 4.74 Å². The number of carbonyl (C=O) groups excluding carboxylic acids is 1. The van der Waals surface area contributed by atoms with Crippen LogP contribution in [0.2, 0.25) is 0 Å². The van der Waals surface area contributed by atoms with Gasteiger partial charge in [-0.2, -0.15) is 4.31 Å². The number of benzene rings is 1. The zero-order chi connectivity index (χ0) is 23.4. The van der Waals surface area contributed by atoms with Gasteiger partial charge in [0.15, 0.2) is 14.7 Å². The van der Waals surface area contributed by atoms with Gasteiger partial charge < -0.3 is 15.2 Å². The summed E-state index contributed by atoms with van der Waals surface area (Å²) in [6.45, 7) is -1.16. The average molecular weight is 479 g/mol. The van der Waals surface area contributed by atoms with Crippen LogP contribution in [0.25, 0.3) is 0 Å². The lowest BCUT2D eigenvalue weighted by Crippen LogP contribution is -2.54. The van der Waals surface area contributed by atoms with Crippen molar-refractivity contribution in [3.05, 3.63) is 34.4 Å². The maximum Gasteiger partial charge on any atom is 0.407 e. The molecule has 0 radical (unpaired) electrons. The molecule has 1 aromatic carbocycles. The number of hydrogen-bond donors (Lipinski definition) is 2. The van der Waals surface area contributed by atoms with E-state index in [1.54, 1.807) is 0 Å². The number of nitrogens with zero attached hydrogens (tertiary/aromatic N) is 2. The molecule has 1 heterocycles. The molecule has 1 aromatic rings. The Kier molecular flexibility index (Phi) is 7.56. The van der Waals surface area contributed by atoms with Crippen LogP contribution in [0.15, 0.2) is 29.2 Å². The van der Waals surface area contributed by atoms with Crippen molar-refractivity contribution in [2.75, 3.05) is 31.7 Å². The summed E-state index contributed by atoms with van der Waals surface area (Å²) in [4.78, 5) is 33.3. The lowest BCUT2D eigenvalue weighted by Gasteiger charge is -2.35. The maximum atomic E-state index is 12.9. The Bertz CT molecular complexity index is 1070. The molecule has 0 bridgehead atoms. The van der Waals surface area contributed by atoms with Crippen molar-refractivity contribution in [1.29, 1.82) is 0 Å². The van der Waals surface area contributed by atoms with E-state index in [2.05, 4.69) is 5.32 Å². The van der Waals surface area contributed by atoms with Crippen LogP contribution in [0.4, 0.5) is 10.5 Å². The van der Waals surface area contributed by atoms with Crippen LogP contribution < -0.4 is 5.32 Å². The number of alkyl carbamates (subject to hydrolysis) is 1. The van der Waals surface area contributed by atoms with Crippen molar-refractivity contribution in [1.82, 2.24) is 9.62 Å². The summed E-state index contributed by atoms with van der Waals surface area (Å²) in [5.41, 5.74) is -0.635. The van der Waals surface area contributed by atoms with Gasteiger partial charge in [0.1, 0.15) is 6.61 Å². The van der Waals surface area contributed by atoms with Crippen molar-refractivity contribution in [2.24, 2.45) is 5.92 Å². The van der Waals surface area contributed by atoms with E-state index in [1.807, 2.05) is 0 Å². The van der Waals surface area contributed by atoms with Crippen molar-refractivity contribution >= 4 is 37.6 Å². The number of piperidine rings is 1. The van der Waals surface area contributed by atoms with Gasteiger partial charge in [0.2, 0.25) is 10.0 Å². The molecule has 15 heteroatoms. The number of hydrogen-bond acceptors (Lipinski definition) is 9. The number of ether oxygens (including phenoxy) is 1. The minimum atomic E-state index is -4.37. The fraction of sp³-hybridized carbons (Fsp3) is 0.500. The minimum absolute atomic E-state index is 0.0992. The Labute approximate surface area is 178 Å². The lowest BCUT2D eigenvalue weighted by molar-refractivity contribution is -0.387. The molecule has 1 amide bonds. The number of sulfonamides is 1. The molecule has 1 fully saturated rings. The number of para-hydroxylation sites is 1. The second kappa shape index (κ2) is 9.57. The first-order valence-corrected chi connectivity index (χ1v) is 12.4. The third kappa shape index (κ3) is 6.35. The normalized spacial score (nSPS) is 20.0. The summed E-state index contributed by atoms with van der Waals surface area (Å²) < 4.78 is 53.5. The van der Waals surface area contributed by atoms with E-state index in [0.29, 0.717) is 0 Å². The number of nitro benzene ring substituents is 1. The molecule has 0 saturated carbocycles. The molecule has 2 rings (SSSR count). The van der Waals surface area contributed by atoms with E-state index in [-0.39, 0.29) is 13.0 Å². The number of carboxylic acids is 1. The van der Waals surface area contributed by atoms with Crippen LogP contribution in [0.1, 0.15) is 6.42 Å². The number of nitro groups is 1. The average Bonchev–Trinajstić information content (AvgIpc) is 2.66. The number of amides is 1. The summed E-state index contributed by atoms with van der Waals surface area (Å²) in [6, 6.07) is 3.73. The number of aliphatic carboxylic acids is 1. The molecule has 31 heavy (non-hydrogen) atoms. The van der Waals surface area contributed by atoms with Gasteiger partial charge in [0.25, 0.3) is 5.69 Å². The molecule has 0 aromatic heterocycles. The van der Waals surface area contributed by atoms with E-state index in [9.17, 15) is 41.6 Å². The Morgan fingerprint density at radius 2 is 1.94 bits per heavy atom. The second-order valence-electron chi connectivity index (χ2n) is 6.84. The van der Waals surface area contributed by atoms with Crippen LogP contribution in [0.3, 0.4) is 0 Å². The first kappa shape index (κ1) is 24.5. The fourth-order valence-electron chi connectivity index (χ4n) is 3.01. The van der Waals surface area contributed by atoms with Crippen LogP contribution >= 0.6 is 0 Å². The highest BCUT2D eigenvalue weighted by Crippen LogP contribution is 2.29. The third-order valence-electron chi connectivity index (χ3n) is 4.56. The molecular weight excluding hydrogens is 458 g/mol. The zero-order valence-corrected chi connectivity index (χ0v) is 18.0. The molecule has 0 aliphatic carbocycles. The van der Waals surface area contributed by atoms with E-state index in [1.165, 1.54) is 12.1 Å². The molecule has 172 valence electrons. The smallest absolute Gasteiger partial charge is 0.407 e. The van der Waals surface area contributed by atoms with Gasteiger partial charge in [-0.25, -0.2) is 21.6 Å². The van der Waals surface area contributed by atoms with Gasteiger partial charge in [-0.15, -0.1) is 0 Å². The monoisotopic (exact) mass is 479 g/mol. The Morgan fingerprint density at radius 1 is 1.29 bits per heavy atom. The Morgan fingerprint density at radius 3 is 2.52 bits per heavy atom. The van der Waals surface area contributed by atoms with Crippen LogP contribution in [0, 0.1) is 16.0 Å². The highest BCUT2D eigenvalue weighted by Gasteiger charge is 2.41. The first-order valence-electron chi connectivity index (χ1n) is 8.90.